The highest BCUT2D eigenvalue weighted by Gasteiger charge is 2.35. The summed E-state index contributed by atoms with van der Waals surface area (Å²) in [5.41, 5.74) is 0.222. The minimum absolute atomic E-state index is 0.115. The largest absolute Gasteiger partial charge is 0.447 e. The number of fused-ring (bicyclic) bond motifs is 1. The van der Waals surface area contributed by atoms with Crippen LogP contribution in [0.15, 0.2) is 18.2 Å². The number of amides is 1. The number of hydrogen-bond donors (Lipinski definition) is 1. The summed E-state index contributed by atoms with van der Waals surface area (Å²) in [5, 5.41) is 8.74. The van der Waals surface area contributed by atoms with Crippen molar-refractivity contribution in [3.05, 3.63) is 29.3 Å². The highest BCUT2D eigenvalue weighted by molar-refractivity contribution is 5.90. The summed E-state index contributed by atoms with van der Waals surface area (Å²) in [5.74, 6) is 0. The Morgan fingerprint density at radius 2 is 2.18 bits per heavy atom. The van der Waals surface area contributed by atoms with Crippen LogP contribution in [-0.4, -0.2) is 30.5 Å². The number of rotatable bonds is 3. The van der Waals surface area contributed by atoms with E-state index < -0.39 is 17.8 Å². The molecule has 2 rings (SSSR count). The van der Waals surface area contributed by atoms with Gasteiger partial charge in [-0.15, -0.1) is 0 Å². The van der Waals surface area contributed by atoms with Gasteiger partial charge in [-0.05, 0) is 43.0 Å². The van der Waals surface area contributed by atoms with E-state index in [9.17, 15) is 18.0 Å². The van der Waals surface area contributed by atoms with Crippen LogP contribution in [0.3, 0.4) is 0 Å². The van der Waals surface area contributed by atoms with E-state index >= 15 is 0 Å². The zero-order valence-electron chi connectivity index (χ0n) is 12.2. The maximum atomic E-state index is 12.8. The van der Waals surface area contributed by atoms with Crippen LogP contribution in [0.2, 0.25) is 0 Å². The molecule has 0 bridgehead atoms. The van der Waals surface area contributed by atoms with Gasteiger partial charge in [0.1, 0.15) is 6.61 Å². The molecule has 0 aromatic heterocycles. The van der Waals surface area contributed by atoms with Crippen molar-refractivity contribution in [1.29, 1.82) is 0 Å². The summed E-state index contributed by atoms with van der Waals surface area (Å²) in [6, 6.07) is 3.27. The average Bonchev–Trinajstić information content (AvgIpc) is 2.49. The molecule has 1 heterocycles. The summed E-state index contributed by atoms with van der Waals surface area (Å²) < 4.78 is 43.3. The number of alkyl halides is 3. The maximum absolute atomic E-state index is 12.8. The van der Waals surface area contributed by atoms with Crippen LogP contribution in [0.25, 0.3) is 0 Å². The molecule has 1 atom stereocenters. The molecule has 0 radical (unpaired) electrons. The lowest BCUT2D eigenvalue weighted by atomic mass is 9.93. The third-order valence-electron chi connectivity index (χ3n) is 3.76. The van der Waals surface area contributed by atoms with Crippen LogP contribution in [-0.2, 0) is 17.3 Å². The van der Waals surface area contributed by atoms with E-state index in [1.807, 2.05) is 6.92 Å². The van der Waals surface area contributed by atoms with Crippen molar-refractivity contribution in [2.45, 2.75) is 38.4 Å². The van der Waals surface area contributed by atoms with E-state index in [-0.39, 0.29) is 19.3 Å². The topological polar surface area (TPSA) is 49.8 Å². The van der Waals surface area contributed by atoms with Gasteiger partial charge in [0, 0.05) is 6.04 Å². The SMILES string of the molecule is CCC1CCc2cc(C(F)(F)F)ccc2N1C(=O)OCCO. The summed E-state index contributed by atoms with van der Waals surface area (Å²) in [7, 11) is 0. The Balaban J connectivity index is 2.35. The van der Waals surface area contributed by atoms with Gasteiger partial charge in [-0.25, -0.2) is 4.79 Å². The highest BCUT2D eigenvalue weighted by Crippen LogP contribution is 2.37. The number of aliphatic hydroxyl groups is 1. The first kappa shape index (κ1) is 16.6. The molecule has 0 saturated heterocycles. The van der Waals surface area contributed by atoms with E-state index in [0.717, 1.165) is 12.1 Å². The number of hydrogen-bond acceptors (Lipinski definition) is 3. The number of halogens is 3. The molecule has 1 unspecified atom stereocenters. The number of ether oxygens (including phenoxy) is 1. The van der Waals surface area contributed by atoms with Crippen LogP contribution < -0.4 is 4.90 Å². The summed E-state index contributed by atoms with van der Waals surface area (Å²) in [4.78, 5) is 13.5. The number of carbonyl (C=O) groups excluding carboxylic acids is 1. The van der Waals surface area contributed by atoms with Gasteiger partial charge in [-0.1, -0.05) is 6.92 Å². The Morgan fingerprint density at radius 1 is 1.45 bits per heavy atom. The highest BCUT2D eigenvalue weighted by atomic mass is 19.4. The van der Waals surface area contributed by atoms with Gasteiger partial charge in [0.15, 0.2) is 0 Å². The standard InChI is InChI=1S/C15H18F3NO3/c1-2-12-5-3-10-9-11(15(16,17)18)4-6-13(10)19(12)14(21)22-8-7-20/h4,6,9,12,20H,2-3,5,7-8H2,1H3. The minimum Gasteiger partial charge on any atom is -0.447 e. The lowest BCUT2D eigenvalue weighted by molar-refractivity contribution is -0.137. The first-order valence-electron chi connectivity index (χ1n) is 7.15. The Labute approximate surface area is 126 Å². The van der Waals surface area contributed by atoms with Gasteiger partial charge >= 0.3 is 12.3 Å². The van der Waals surface area contributed by atoms with Crippen LogP contribution >= 0.6 is 0 Å². The number of carbonyl (C=O) groups is 1. The molecule has 122 valence electrons. The first-order valence-corrected chi connectivity index (χ1v) is 7.15. The first-order chi connectivity index (χ1) is 10.4. The van der Waals surface area contributed by atoms with Gasteiger partial charge in [0.05, 0.1) is 17.9 Å². The molecule has 0 saturated carbocycles. The molecule has 1 aromatic rings. The predicted octanol–water partition coefficient (Wildman–Crippen LogP) is 3.37. The Morgan fingerprint density at radius 3 is 2.77 bits per heavy atom. The molecule has 0 fully saturated rings. The van der Waals surface area contributed by atoms with Crippen molar-refractivity contribution in [3.8, 4) is 0 Å². The fourth-order valence-electron chi connectivity index (χ4n) is 2.68. The molecule has 1 N–H and O–H groups in total. The second-order valence-corrected chi connectivity index (χ2v) is 5.15. The van der Waals surface area contributed by atoms with Gasteiger partial charge in [0.25, 0.3) is 0 Å². The van der Waals surface area contributed by atoms with E-state index in [1.165, 1.54) is 11.0 Å². The minimum atomic E-state index is -4.40. The van der Waals surface area contributed by atoms with Gasteiger partial charge in [0.2, 0.25) is 0 Å². The zero-order chi connectivity index (χ0) is 16.3. The van der Waals surface area contributed by atoms with E-state index in [1.54, 1.807) is 0 Å². The lowest BCUT2D eigenvalue weighted by Crippen LogP contribution is -2.44. The lowest BCUT2D eigenvalue weighted by Gasteiger charge is -2.36. The molecule has 1 aromatic carbocycles. The van der Waals surface area contributed by atoms with Crippen LogP contribution in [0.4, 0.5) is 23.7 Å². The van der Waals surface area contributed by atoms with Gasteiger partial charge < -0.3 is 9.84 Å². The van der Waals surface area contributed by atoms with Gasteiger partial charge in [-0.2, -0.15) is 13.2 Å². The smallest absolute Gasteiger partial charge is 0.416 e. The molecule has 0 spiro atoms. The quantitative estimate of drug-likeness (QED) is 0.930. The van der Waals surface area contributed by atoms with Crippen LogP contribution in [0.5, 0.6) is 0 Å². The van der Waals surface area contributed by atoms with Gasteiger partial charge in [-0.3, -0.25) is 4.90 Å². The van der Waals surface area contributed by atoms with Crippen molar-refractivity contribution < 1.29 is 27.8 Å². The van der Waals surface area contributed by atoms with E-state index in [2.05, 4.69) is 0 Å². The fourth-order valence-corrected chi connectivity index (χ4v) is 2.68. The van der Waals surface area contributed by atoms with E-state index in [4.69, 9.17) is 9.84 Å². The van der Waals surface area contributed by atoms with Crippen molar-refractivity contribution >= 4 is 11.8 Å². The average molecular weight is 317 g/mol. The molecule has 1 aliphatic heterocycles. The molecule has 4 nitrogen and oxygen atoms in total. The Kier molecular flexibility index (Phi) is 4.95. The molecule has 0 aliphatic carbocycles. The fraction of sp³-hybridized carbons (Fsp3) is 0.533. The monoisotopic (exact) mass is 317 g/mol. The Bertz CT molecular complexity index is 545. The Hall–Kier alpha value is -1.76. The number of nitrogens with zero attached hydrogens (tertiary/aromatic N) is 1. The number of aliphatic hydroxyl groups excluding tert-OH is 1. The van der Waals surface area contributed by atoms with Crippen molar-refractivity contribution in [2.24, 2.45) is 0 Å². The third-order valence-corrected chi connectivity index (χ3v) is 3.76. The molecule has 7 heteroatoms. The molecular weight excluding hydrogens is 299 g/mol. The maximum Gasteiger partial charge on any atom is 0.416 e. The zero-order valence-corrected chi connectivity index (χ0v) is 12.2. The third kappa shape index (κ3) is 3.35. The molecule has 22 heavy (non-hydrogen) atoms. The summed E-state index contributed by atoms with van der Waals surface area (Å²) in [6.07, 6.45) is -3.30. The van der Waals surface area contributed by atoms with Crippen LogP contribution in [0, 0.1) is 0 Å². The summed E-state index contributed by atoms with van der Waals surface area (Å²) in [6.45, 7) is 1.48. The second kappa shape index (κ2) is 6.56. The van der Waals surface area contributed by atoms with E-state index in [0.29, 0.717) is 30.5 Å². The number of aryl methyl sites for hydroxylation is 1. The second-order valence-electron chi connectivity index (χ2n) is 5.15. The van der Waals surface area contributed by atoms with Crippen molar-refractivity contribution in [3.63, 3.8) is 0 Å². The van der Waals surface area contributed by atoms with Crippen molar-refractivity contribution in [1.82, 2.24) is 0 Å². The number of anilines is 1. The summed E-state index contributed by atoms with van der Waals surface area (Å²) >= 11 is 0. The normalized spacial score (nSPS) is 18.0. The molecule has 1 amide bonds. The molecular formula is C15H18F3NO3. The molecule has 1 aliphatic rings. The predicted molar refractivity (Wildman–Crippen MR) is 74.8 cm³/mol. The van der Waals surface area contributed by atoms with Crippen molar-refractivity contribution in [2.75, 3.05) is 18.1 Å². The number of benzene rings is 1. The van der Waals surface area contributed by atoms with Crippen LogP contribution in [0.1, 0.15) is 30.9 Å².